The highest BCUT2D eigenvalue weighted by Crippen LogP contribution is 2.59. The molecule has 4 rings (SSSR count). The van der Waals surface area contributed by atoms with E-state index in [1.807, 2.05) is 42.7 Å². The summed E-state index contributed by atoms with van der Waals surface area (Å²) in [6.45, 7) is 10.4. The second-order valence-corrected chi connectivity index (χ2v) is 9.05. The van der Waals surface area contributed by atoms with Crippen LogP contribution in [0.1, 0.15) is 37.3 Å². The summed E-state index contributed by atoms with van der Waals surface area (Å²) in [5.74, 6) is 1.27. The number of benzene rings is 1. The van der Waals surface area contributed by atoms with E-state index in [0.29, 0.717) is 32.1 Å². The molecule has 7 heteroatoms. The van der Waals surface area contributed by atoms with Crippen LogP contribution in [-0.4, -0.2) is 67.0 Å². The van der Waals surface area contributed by atoms with Gasteiger partial charge < -0.3 is 19.9 Å². The quantitative estimate of drug-likeness (QED) is 0.789. The number of amides is 2. The maximum atomic E-state index is 12.9. The number of carbonyl (C=O) groups excluding carboxylic acids is 2. The highest BCUT2D eigenvalue weighted by molar-refractivity contribution is 5.85. The number of piperidine rings is 1. The van der Waals surface area contributed by atoms with Gasteiger partial charge in [-0.25, -0.2) is 0 Å². The van der Waals surface area contributed by atoms with Gasteiger partial charge in [-0.1, -0.05) is 17.7 Å². The minimum atomic E-state index is -0.528. The van der Waals surface area contributed by atoms with Gasteiger partial charge in [0.25, 0.3) is 5.91 Å². The van der Waals surface area contributed by atoms with Crippen LogP contribution in [-0.2, 0) is 9.59 Å². The molecule has 3 aliphatic rings. The number of carbonyl (C=O) groups is 2. The first kappa shape index (κ1) is 22.9. The summed E-state index contributed by atoms with van der Waals surface area (Å²) in [5.41, 5.74) is 2.48. The van der Waals surface area contributed by atoms with Gasteiger partial charge >= 0.3 is 0 Å². The second kappa shape index (κ2) is 9.15. The van der Waals surface area contributed by atoms with E-state index in [-0.39, 0.29) is 29.6 Å². The summed E-state index contributed by atoms with van der Waals surface area (Å²) >= 11 is 0. The van der Waals surface area contributed by atoms with Crippen molar-refractivity contribution in [3.05, 3.63) is 29.3 Å². The number of halogens is 1. The molecule has 1 saturated carbocycles. The van der Waals surface area contributed by atoms with Crippen LogP contribution in [0.15, 0.2) is 18.2 Å². The van der Waals surface area contributed by atoms with Gasteiger partial charge in [0.2, 0.25) is 5.91 Å². The molecular weight excluding hydrogens is 402 g/mol. The Labute approximate surface area is 185 Å². The van der Waals surface area contributed by atoms with Gasteiger partial charge in [0.1, 0.15) is 5.75 Å². The molecule has 30 heavy (non-hydrogen) atoms. The summed E-state index contributed by atoms with van der Waals surface area (Å²) in [6.07, 6.45) is 2.76. The maximum Gasteiger partial charge on any atom is 0.263 e. The van der Waals surface area contributed by atoms with E-state index in [1.54, 1.807) is 0 Å². The van der Waals surface area contributed by atoms with Crippen LogP contribution in [0.5, 0.6) is 5.75 Å². The van der Waals surface area contributed by atoms with Crippen LogP contribution in [0.3, 0.4) is 0 Å². The minimum Gasteiger partial charge on any atom is -0.481 e. The summed E-state index contributed by atoms with van der Waals surface area (Å²) < 4.78 is 5.94. The SMILES string of the molecule is Cc1ccc(OC(C)C(=O)N2CCN(C(=O)C3CC34CCNCC4)CC2)c(C)c1.Cl. The third-order valence-electron chi connectivity index (χ3n) is 6.97. The van der Waals surface area contributed by atoms with Crippen LogP contribution >= 0.6 is 12.4 Å². The summed E-state index contributed by atoms with van der Waals surface area (Å²) in [7, 11) is 0. The molecule has 3 fully saturated rings. The van der Waals surface area contributed by atoms with Gasteiger partial charge in [-0.05, 0) is 70.2 Å². The first-order valence-electron chi connectivity index (χ1n) is 10.9. The second-order valence-electron chi connectivity index (χ2n) is 9.05. The van der Waals surface area contributed by atoms with Crippen molar-refractivity contribution >= 4 is 24.2 Å². The molecule has 1 aliphatic carbocycles. The molecule has 0 bridgehead atoms. The molecule has 2 aliphatic heterocycles. The summed E-state index contributed by atoms with van der Waals surface area (Å²) in [4.78, 5) is 29.6. The van der Waals surface area contributed by atoms with Crippen LogP contribution < -0.4 is 10.1 Å². The molecular formula is C23H34ClN3O3. The van der Waals surface area contributed by atoms with Gasteiger partial charge in [-0.2, -0.15) is 0 Å². The van der Waals surface area contributed by atoms with E-state index in [2.05, 4.69) is 11.4 Å². The van der Waals surface area contributed by atoms with E-state index in [4.69, 9.17) is 4.74 Å². The lowest BCUT2D eigenvalue weighted by molar-refractivity contribution is -0.144. The largest absolute Gasteiger partial charge is 0.481 e. The smallest absolute Gasteiger partial charge is 0.263 e. The van der Waals surface area contributed by atoms with Crippen LogP contribution in [0, 0.1) is 25.2 Å². The predicted molar refractivity (Wildman–Crippen MR) is 119 cm³/mol. The van der Waals surface area contributed by atoms with E-state index in [1.165, 1.54) is 5.56 Å². The van der Waals surface area contributed by atoms with Crippen LogP contribution in [0.4, 0.5) is 0 Å². The van der Waals surface area contributed by atoms with Crippen molar-refractivity contribution in [1.82, 2.24) is 15.1 Å². The number of rotatable bonds is 4. The summed E-state index contributed by atoms with van der Waals surface area (Å²) in [6, 6.07) is 5.98. The van der Waals surface area contributed by atoms with Crippen molar-refractivity contribution in [2.45, 2.75) is 46.1 Å². The number of aryl methyl sites for hydroxylation is 2. The highest BCUT2D eigenvalue weighted by Gasteiger charge is 2.58. The molecule has 2 amide bonds. The van der Waals surface area contributed by atoms with Gasteiger partial charge in [-0.3, -0.25) is 9.59 Å². The van der Waals surface area contributed by atoms with E-state index in [9.17, 15) is 9.59 Å². The Morgan fingerprint density at radius 1 is 1.10 bits per heavy atom. The highest BCUT2D eigenvalue weighted by atomic mass is 35.5. The molecule has 1 spiro atoms. The van der Waals surface area contributed by atoms with Gasteiger partial charge in [0.15, 0.2) is 6.10 Å². The Morgan fingerprint density at radius 2 is 1.73 bits per heavy atom. The molecule has 2 saturated heterocycles. The van der Waals surface area contributed by atoms with Crippen LogP contribution in [0.25, 0.3) is 0 Å². The van der Waals surface area contributed by atoms with E-state index >= 15 is 0 Å². The molecule has 2 unspecified atom stereocenters. The predicted octanol–water partition coefficient (Wildman–Crippen LogP) is 2.55. The zero-order chi connectivity index (χ0) is 20.6. The minimum absolute atomic E-state index is 0. The van der Waals surface area contributed by atoms with Crippen molar-refractivity contribution in [2.24, 2.45) is 11.3 Å². The Morgan fingerprint density at radius 3 is 2.37 bits per heavy atom. The average molecular weight is 436 g/mol. The van der Waals surface area contributed by atoms with Crippen molar-refractivity contribution in [2.75, 3.05) is 39.3 Å². The van der Waals surface area contributed by atoms with Gasteiger partial charge in [0, 0.05) is 32.1 Å². The van der Waals surface area contributed by atoms with Gasteiger partial charge in [0.05, 0.1) is 0 Å². The van der Waals surface area contributed by atoms with Gasteiger partial charge in [-0.15, -0.1) is 12.4 Å². The van der Waals surface area contributed by atoms with Crippen molar-refractivity contribution in [1.29, 1.82) is 0 Å². The molecule has 1 aromatic rings. The molecule has 1 aromatic carbocycles. The lowest BCUT2D eigenvalue weighted by atomic mass is 9.91. The normalized spacial score (nSPS) is 23.5. The molecule has 2 heterocycles. The molecule has 1 N–H and O–H groups in total. The average Bonchev–Trinajstić information content (AvgIpc) is 3.42. The zero-order valence-electron chi connectivity index (χ0n) is 18.3. The fraction of sp³-hybridized carbons (Fsp3) is 0.652. The third-order valence-corrected chi connectivity index (χ3v) is 6.97. The summed E-state index contributed by atoms with van der Waals surface area (Å²) in [5, 5.41) is 3.39. The molecule has 2 atom stereocenters. The van der Waals surface area contributed by atoms with Crippen molar-refractivity contribution in [3.8, 4) is 5.75 Å². The van der Waals surface area contributed by atoms with E-state index in [0.717, 1.165) is 43.7 Å². The zero-order valence-corrected chi connectivity index (χ0v) is 19.1. The molecule has 0 aromatic heterocycles. The fourth-order valence-electron chi connectivity index (χ4n) is 4.97. The maximum absolute atomic E-state index is 12.9. The Hall–Kier alpha value is -1.79. The number of nitrogens with one attached hydrogen (secondary N) is 1. The topological polar surface area (TPSA) is 61.9 Å². The van der Waals surface area contributed by atoms with E-state index < -0.39 is 6.10 Å². The Bertz CT molecular complexity index is 786. The lowest BCUT2D eigenvalue weighted by Gasteiger charge is -2.36. The Balaban J connectivity index is 0.00000256. The fourth-order valence-corrected chi connectivity index (χ4v) is 4.97. The van der Waals surface area contributed by atoms with Crippen molar-refractivity contribution in [3.63, 3.8) is 0 Å². The number of hydrogen-bond donors (Lipinski definition) is 1. The third kappa shape index (κ3) is 4.59. The first-order valence-corrected chi connectivity index (χ1v) is 10.9. The first-order chi connectivity index (χ1) is 13.9. The molecule has 166 valence electrons. The number of nitrogens with zero attached hydrogens (tertiary/aromatic N) is 2. The molecule has 6 nitrogen and oxygen atoms in total. The number of piperazine rings is 1. The Kier molecular flexibility index (Phi) is 6.98. The monoisotopic (exact) mass is 435 g/mol. The van der Waals surface area contributed by atoms with Crippen LogP contribution in [0.2, 0.25) is 0 Å². The standard InChI is InChI=1S/C23H33N3O3.ClH/c1-16-4-5-20(17(2)14-16)29-18(3)21(27)25-10-12-26(13-11-25)22(28)19-15-23(19)6-8-24-9-7-23;/h4-5,14,18-19,24H,6-13,15H2,1-3H3;1H. The van der Waals surface area contributed by atoms with Crippen molar-refractivity contribution < 1.29 is 14.3 Å². The molecule has 0 radical (unpaired) electrons. The number of hydrogen-bond acceptors (Lipinski definition) is 4. The lowest BCUT2D eigenvalue weighted by Crippen LogP contribution is -2.53. The number of ether oxygens (including phenoxy) is 1.